The SMILES string of the molecule is CC(=O)N1CCc2cc(-c3nc(Nc4ccc(N5CCSCC5)cc4)ncc3C)oc2C1. The Hall–Kier alpha value is -3.00. The summed E-state index contributed by atoms with van der Waals surface area (Å²) in [4.78, 5) is 25.1. The van der Waals surface area contributed by atoms with E-state index in [0.29, 0.717) is 12.5 Å². The maximum Gasteiger partial charge on any atom is 0.227 e. The smallest absolute Gasteiger partial charge is 0.227 e. The monoisotopic (exact) mass is 449 g/mol. The van der Waals surface area contributed by atoms with Gasteiger partial charge >= 0.3 is 0 Å². The summed E-state index contributed by atoms with van der Waals surface area (Å²) in [6.45, 7) is 7.01. The fraction of sp³-hybridized carbons (Fsp3) is 0.375. The second kappa shape index (κ2) is 8.86. The van der Waals surface area contributed by atoms with E-state index in [2.05, 4.69) is 45.5 Å². The molecular weight excluding hydrogens is 422 g/mol. The van der Waals surface area contributed by atoms with Gasteiger partial charge in [0, 0.05) is 55.6 Å². The molecule has 5 rings (SSSR count). The summed E-state index contributed by atoms with van der Waals surface area (Å²) in [6.07, 6.45) is 2.61. The van der Waals surface area contributed by atoms with Crippen molar-refractivity contribution in [3.8, 4) is 11.5 Å². The molecule has 8 heteroatoms. The first-order valence-electron chi connectivity index (χ1n) is 11.0. The van der Waals surface area contributed by atoms with Crippen LogP contribution in [0, 0.1) is 6.92 Å². The largest absolute Gasteiger partial charge is 0.457 e. The Kier molecular flexibility index (Phi) is 5.78. The van der Waals surface area contributed by atoms with Crippen molar-refractivity contribution in [1.29, 1.82) is 0 Å². The van der Waals surface area contributed by atoms with E-state index >= 15 is 0 Å². The van der Waals surface area contributed by atoms with Crippen LogP contribution in [0.1, 0.15) is 23.8 Å². The topological polar surface area (TPSA) is 74.5 Å². The third kappa shape index (κ3) is 4.32. The van der Waals surface area contributed by atoms with Gasteiger partial charge in [0.05, 0.1) is 6.54 Å². The lowest BCUT2D eigenvalue weighted by molar-refractivity contribution is -0.130. The molecule has 2 aliphatic rings. The second-order valence-corrected chi connectivity index (χ2v) is 9.47. The van der Waals surface area contributed by atoms with E-state index in [0.717, 1.165) is 60.1 Å². The van der Waals surface area contributed by atoms with Crippen molar-refractivity contribution in [2.75, 3.05) is 41.4 Å². The number of aryl methyl sites for hydroxylation is 1. The van der Waals surface area contributed by atoms with Gasteiger partial charge in [0.2, 0.25) is 11.9 Å². The number of carbonyl (C=O) groups excluding carboxylic acids is 1. The second-order valence-electron chi connectivity index (χ2n) is 8.25. The van der Waals surface area contributed by atoms with Crippen LogP contribution in [0.4, 0.5) is 17.3 Å². The molecule has 1 amide bonds. The fourth-order valence-electron chi connectivity index (χ4n) is 4.16. The highest BCUT2D eigenvalue weighted by atomic mass is 32.2. The van der Waals surface area contributed by atoms with Crippen molar-refractivity contribution in [3.63, 3.8) is 0 Å². The molecule has 4 heterocycles. The highest BCUT2D eigenvalue weighted by molar-refractivity contribution is 7.99. The summed E-state index contributed by atoms with van der Waals surface area (Å²) >= 11 is 2.01. The highest BCUT2D eigenvalue weighted by Gasteiger charge is 2.24. The highest BCUT2D eigenvalue weighted by Crippen LogP contribution is 2.31. The van der Waals surface area contributed by atoms with Gasteiger partial charge in [-0.25, -0.2) is 9.97 Å². The number of hydrogen-bond acceptors (Lipinski definition) is 7. The van der Waals surface area contributed by atoms with Crippen molar-refractivity contribution in [2.45, 2.75) is 26.8 Å². The molecule has 3 aromatic rings. The minimum absolute atomic E-state index is 0.0727. The van der Waals surface area contributed by atoms with Crippen LogP contribution in [0.5, 0.6) is 0 Å². The van der Waals surface area contributed by atoms with E-state index in [1.165, 1.54) is 17.2 Å². The van der Waals surface area contributed by atoms with Gasteiger partial charge in [-0.15, -0.1) is 0 Å². The molecule has 0 aliphatic carbocycles. The van der Waals surface area contributed by atoms with Crippen LogP contribution >= 0.6 is 11.8 Å². The number of anilines is 3. The van der Waals surface area contributed by atoms with Gasteiger partial charge in [0.1, 0.15) is 11.5 Å². The average molecular weight is 450 g/mol. The van der Waals surface area contributed by atoms with Crippen LogP contribution in [0.15, 0.2) is 40.9 Å². The molecule has 1 fully saturated rings. The van der Waals surface area contributed by atoms with Crippen molar-refractivity contribution in [3.05, 3.63) is 53.4 Å². The Bertz CT molecular complexity index is 1120. The summed E-state index contributed by atoms with van der Waals surface area (Å²) in [5.74, 6) is 4.55. The van der Waals surface area contributed by atoms with Crippen molar-refractivity contribution >= 4 is 35.0 Å². The lowest BCUT2D eigenvalue weighted by Crippen LogP contribution is -2.33. The van der Waals surface area contributed by atoms with Gasteiger partial charge in [-0.05, 0) is 54.8 Å². The molecule has 0 saturated carbocycles. The van der Waals surface area contributed by atoms with Crippen molar-refractivity contribution < 1.29 is 9.21 Å². The minimum atomic E-state index is 0.0727. The molecule has 1 N–H and O–H groups in total. The van der Waals surface area contributed by atoms with Crippen molar-refractivity contribution in [1.82, 2.24) is 14.9 Å². The molecular formula is C24H27N5O2S. The maximum absolute atomic E-state index is 11.7. The maximum atomic E-state index is 11.7. The van der Waals surface area contributed by atoms with Gasteiger partial charge < -0.3 is 19.5 Å². The number of nitrogens with one attached hydrogen (secondary N) is 1. The van der Waals surface area contributed by atoms with Crippen LogP contribution in [0.2, 0.25) is 0 Å². The molecule has 1 aromatic carbocycles. The summed E-state index contributed by atoms with van der Waals surface area (Å²) in [5.41, 5.74) is 5.07. The molecule has 0 atom stereocenters. The van der Waals surface area contributed by atoms with Crippen LogP contribution in [-0.4, -0.2) is 51.9 Å². The third-order valence-electron chi connectivity index (χ3n) is 6.03. The van der Waals surface area contributed by atoms with E-state index in [4.69, 9.17) is 9.40 Å². The van der Waals surface area contributed by atoms with Crippen molar-refractivity contribution in [2.24, 2.45) is 0 Å². The summed E-state index contributed by atoms with van der Waals surface area (Å²) in [5, 5.41) is 3.32. The summed E-state index contributed by atoms with van der Waals surface area (Å²) in [6, 6.07) is 10.5. The number of thioether (sulfide) groups is 1. The van der Waals surface area contributed by atoms with E-state index in [1.807, 2.05) is 29.8 Å². The van der Waals surface area contributed by atoms with Gasteiger partial charge in [0.25, 0.3) is 0 Å². The predicted octanol–water partition coefficient (Wildman–Crippen LogP) is 4.25. The number of benzene rings is 1. The van der Waals surface area contributed by atoms with Crippen LogP contribution < -0.4 is 10.2 Å². The number of rotatable bonds is 4. The molecule has 0 spiro atoms. The van der Waals surface area contributed by atoms with Gasteiger partial charge in [-0.1, -0.05) is 0 Å². The van der Waals surface area contributed by atoms with Gasteiger partial charge in [-0.3, -0.25) is 4.79 Å². The lowest BCUT2D eigenvalue weighted by atomic mass is 10.1. The zero-order chi connectivity index (χ0) is 22.1. The molecule has 0 radical (unpaired) electrons. The third-order valence-corrected chi connectivity index (χ3v) is 6.97. The summed E-state index contributed by atoms with van der Waals surface area (Å²) in [7, 11) is 0. The fourth-order valence-corrected chi connectivity index (χ4v) is 5.07. The Balaban J connectivity index is 1.34. The number of aromatic nitrogens is 2. The number of hydrogen-bond donors (Lipinski definition) is 1. The molecule has 2 aliphatic heterocycles. The number of fused-ring (bicyclic) bond motifs is 1. The van der Waals surface area contributed by atoms with Crippen LogP contribution in [-0.2, 0) is 17.8 Å². The van der Waals surface area contributed by atoms with Crippen LogP contribution in [0.25, 0.3) is 11.5 Å². The first kappa shape index (κ1) is 20.9. The minimum Gasteiger partial charge on any atom is -0.457 e. The zero-order valence-corrected chi connectivity index (χ0v) is 19.2. The van der Waals surface area contributed by atoms with Crippen LogP contribution in [0.3, 0.4) is 0 Å². The molecule has 32 heavy (non-hydrogen) atoms. The number of nitrogens with zero attached hydrogens (tertiary/aromatic N) is 4. The Morgan fingerprint density at radius 1 is 1.16 bits per heavy atom. The van der Waals surface area contributed by atoms with E-state index in [9.17, 15) is 4.79 Å². The Morgan fingerprint density at radius 3 is 2.69 bits per heavy atom. The quantitative estimate of drug-likeness (QED) is 0.638. The number of carbonyl (C=O) groups is 1. The standard InChI is InChI=1S/C24H27N5O2S/c1-16-14-25-24(26-19-3-5-20(6-4-19)28-9-11-32-12-10-28)27-23(16)21-13-18-7-8-29(17(2)30)15-22(18)31-21/h3-6,13-14H,7-12,15H2,1-2H3,(H,25,26,27). The molecule has 166 valence electrons. The predicted molar refractivity (Wildman–Crippen MR) is 129 cm³/mol. The molecule has 2 aromatic heterocycles. The molecule has 0 unspecified atom stereocenters. The average Bonchev–Trinajstić information content (AvgIpc) is 3.24. The molecule has 1 saturated heterocycles. The Labute approximate surface area is 192 Å². The number of furan rings is 1. The summed E-state index contributed by atoms with van der Waals surface area (Å²) < 4.78 is 6.12. The normalized spacial score (nSPS) is 16.1. The first-order valence-corrected chi connectivity index (χ1v) is 12.1. The van der Waals surface area contributed by atoms with Gasteiger partial charge in [-0.2, -0.15) is 11.8 Å². The van der Waals surface area contributed by atoms with E-state index in [-0.39, 0.29) is 5.91 Å². The molecule has 7 nitrogen and oxygen atoms in total. The first-order chi connectivity index (χ1) is 15.6. The van der Waals surface area contributed by atoms with E-state index < -0.39 is 0 Å². The Morgan fingerprint density at radius 2 is 1.94 bits per heavy atom. The van der Waals surface area contributed by atoms with E-state index in [1.54, 1.807) is 6.92 Å². The zero-order valence-electron chi connectivity index (χ0n) is 18.4. The van der Waals surface area contributed by atoms with Gasteiger partial charge in [0.15, 0.2) is 5.76 Å². The number of amides is 1. The lowest BCUT2D eigenvalue weighted by Gasteiger charge is -2.28. The molecule has 0 bridgehead atoms.